The third-order valence-corrected chi connectivity index (χ3v) is 4.43. The Balaban J connectivity index is 2.18. The molecule has 1 aliphatic carbocycles. The smallest absolute Gasteiger partial charge is 0.107 e. The molecule has 0 heterocycles. The van der Waals surface area contributed by atoms with Crippen molar-refractivity contribution in [2.75, 3.05) is 11.5 Å². The Kier molecular flexibility index (Phi) is 5.49. The van der Waals surface area contributed by atoms with E-state index in [1.54, 1.807) is 0 Å². The lowest BCUT2D eigenvalue weighted by Gasteiger charge is -2.23. The van der Waals surface area contributed by atoms with E-state index < -0.39 is 5.54 Å². The Hall–Kier alpha value is -0.200. The number of hydrogen-bond acceptors (Lipinski definition) is 3. The van der Waals surface area contributed by atoms with Crippen molar-refractivity contribution in [2.24, 2.45) is 11.7 Å². The van der Waals surface area contributed by atoms with Gasteiger partial charge in [-0.15, -0.1) is 0 Å². The minimum Gasteiger partial charge on any atom is -0.313 e. The van der Waals surface area contributed by atoms with Gasteiger partial charge in [-0.25, -0.2) is 0 Å². The molecule has 1 rings (SSSR count). The molecule has 2 unspecified atom stereocenters. The molecule has 1 aliphatic rings. The van der Waals surface area contributed by atoms with Gasteiger partial charge in [0.15, 0.2) is 0 Å². The fraction of sp³-hybridized carbons (Fsp3) is 0.917. The molecule has 15 heavy (non-hydrogen) atoms. The van der Waals surface area contributed by atoms with Crippen LogP contribution in [0.1, 0.15) is 45.4 Å². The lowest BCUT2D eigenvalue weighted by molar-refractivity contribution is 0.389. The van der Waals surface area contributed by atoms with Crippen molar-refractivity contribution in [1.29, 1.82) is 5.26 Å². The van der Waals surface area contributed by atoms with E-state index in [1.807, 2.05) is 11.8 Å². The van der Waals surface area contributed by atoms with Crippen LogP contribution in [0.25, 0.3) is 0 Å². The first kappa shape index (κ1) is 12.9. The number of thioether (sulfide) groups is 1. The van der Waals surface area contributed by atoms with Gasteiger partial charge in [-0.2, -0.15) is 17.0 Å². The average Bonchev–Trinajstić information content (AvgIpc) is 2.61. The Morgan fingerprint density at radius 1 is 1.53 bits per heavy atom. The van der Waals surface area contributed by atoms with Crippen LogP contribution >= 0.6 is 11.8 Å². The molecular formula is C12H22N2S. The molecule has 0 aliphatic heterocycles. The topological polar surface area (TPSA) is 49.8 Å². The first-order chi connectivity index (χ1) is 7.23. The molecule has 1 fully saturated rings. The second-order valence-corrected chi connectivity index (χ2v) is 5.72. The van der Waals surface area contributed by atoms with Gasteiger partial charge in [0.05, 0.1) is 6.07 Å². The van der Waals surface area contributed by atoms with Crippen LogP contribution in [-0.2, 0) is 0 Å². The van der Waals surface area contributed by atoms with E-state index in [4.69, 9.17) is 11.0 Å². The first-order valence-electron chi connectivity index (χ1n) is 6.01. The lowest BCUT2D eigenvalue weighted by atomic mass is 9.88. The molecule has 3 heteroatoms. The highest BCUT2D eigenvalue weighted by molar-refractivity contribution is 7.99. The van der Waals surface area contributed by atoms with Crippen LogP contribution < -0.4 is 5.73 Å². The summed E-state index contributed by atoms with van der Waals surface area (Å²) in [4.78, 5) is 0. The van der Waals surface area contributed by atoms with Crippen LogP contribution in [0.4, 0.5) is 0 Å². The predicted octanol–water partition coefficient (Wildman–Crippen LogP) is 2.93. The van der Waals surface area contributed by atoms with Crippen LogP contribution in [0, 0.1) is 17.2 Å². The summed E-state index contributed by atoms with van der Waals surface area (Å²) in [6.45, 7) is 2.22. The van der Waals surface area contributed by atoms with Crippen LogP contribution in [0.15, 0.2) is 0 Å². The molecule has 0 amide bonds. The number of nitrogens with zero attached hydrogens (tertiary/aromatic N) is 1. The van der Waals surface area contributed by atoms with Gasteiger partial charge in [-0.1, -0.05) is 19.8 Å². The van der Waals surface area contributed by atoms with Gasteiger partial charge in [0, 0.05) is 0 Å². The maximum atomic E-state index is 9.05. The average molecular weight is 226 g/mol. The highest BCUT2D eigenvalue weighted by atomic mass is 32.2. The number of rotatable bonds is 6. The molecule has 2 nitrogen and oxygen atoms in total. The van der Waals surface area contributed by atoms with E-state index in [2.05, 4.69) is 13.0 Å². The Labute approximate surface area is 97.6 Å². The molecule has 0 aromatic carbocycles. The van der Waals surface area contributed by atoms with Crippen LogP contribution in [0.2, 0.25) is 0 Å². The molecule has 86 valence electrons. The lowest BCUT2D eigenvalue weighted by Crippen LogP contribution is -2.41. The summed E-state index contributed by atoms with van der Waals surface area (Å²) in [6.07, 6.45) is 6.88. The highest BCUT2D eigenvalue weighted by Crippen LogP contribution is 2.36. The van der Waals surface area contributed by atoms with Gasteiger partial charge < -0.3 is 5.73 Å². The van der Waals surface area contributed by atoms with Gasteiger partial charge in [0.1, 0.15) is 5.54 Å². The number of unbranched alkanes of at least 4 members (excludes halogenated alkanes) is 1. The fourth-order valence-electron chi connectivity index (χ4n) is 2.23. The summed E-state index contributed by atoms with van der Waals surface area (Å²) >= 11 is 2.01. The monoisotopic (exact) mass is 226 g/mol. The zero-order valence-electron chi connectivity index (χ0n) is 9.67. The summed E-state index contributed by atoms with van der Waals surface area (Å²) in [7, 11) is 0. The van der Waals surface area contributed by atoms with Crippen LogP contribution in [0.3, 0.4) is 0 Å². The van der Waals surface area contributed by atoms with E-state index in [0.29, 0.717) is 5.92 Å². The van der Waals surface area contributed by atoms with Gasteiger partial charge in [-0.05, 0) is 43.1 Å². The largest absolute Gasteiger partial charge is 0.313 e. The minimum atomic E-state index is -0.509. The van der Waals surface area contributed by atoms with Gasteiger partial charge in [-0.3, -0.25) is 0 Å². The second kappa shape index (κ2) is 6.40. The Morgan fingerprint density at radius 3 is 3.00 bits per heavy atom. The van der Waals surface area contributed by atoms with Crippen molar-refractivity contribution in [3.05, 3.63) is 0 Å². The third kappa shape index (κ3) is 3.70. The summed E-state index contributed by atoms with van der Waals surface area (Å²) in [5.41, 5.74) is 5.56. The quantitative estimate of drug-likeness (QED) is 0.708. The molecular weight excluding hydrogens is 204 g/mol. The number of hydrogen-bond donors (Lipinski definition) is 1. The fourth-order valence-corrected chi connectivity index (χ4v) is 3.37. The van der Waals surface area contributed by atoms with Crippen molar-refractivity contribution in [3.8, 4) is 6.07 Å². The van der Waals surface area contributed by atoms with Crippen molar-refractivity contribution in [3.63, 3.8) is 0 Å². The van der Waals surface area contributed by atoms with Crippen molar-refractivity contribution >= 4 is 11.8 Å². The molecule has 0 spiro atoms. The van der Waals surface area contributed by atoms with Gasteiger partial charge in [0.2, 0.25) is 0 Å². The highest BCUT2D eigenvalue weighted by Gasteiger charge is 2.38. The van der Waals surface area contributed by atoms with Crippen LogP contribution in [-0.4, -0.2) is 17.0 Å². The van der Waals surface area contributed by atoms with Crippen LogP contribution in [0.5, 0.6) is 0 Å². The van der Waals surface area contributed by atoms with Crippen molar-refractivity contribution < 1.29 is 0 Å². The van der Waals surface area contributed by atoms with E-state index in [0.717, 1.165) is 25.7 Å². The zero-order valence-corrected chi connectivity index (χ0v) is 10.5. The van der Waals surface area contributed by atoms with Crippen molar-refractivity contribution in [1.82, 2.24) is 0 Å². The molecule has 0 saturated heterocycles. The van der Waals surface area contributed by atoms with E-state index in [-0.39, 0.29) is 0 Å². The number of nitriles is 1. The summed E-state index contributed by atoms with van der Waals surface area (Å²) < 4.78 is 0. The molecule has 0 aromatic heterocycles. The Morgan fingerprint density at radius 2 is 2.33 bits per heavy atom. The molecule has 0 bridgehead atoms. The van der Waals surface area contributed by atoms with Crippen molar-refractivity contribution in [2.45, 2.75) is 51.0 Å². The molecule has 0 radical (unpaired) electrons. The minimum absolute atomic E-state index is 0.441. The standard InChI is InChI=1S/C12H22N2S/c1-2-3-8-15-9-6-11-5-4-7-12(11,14)10-13/h11H,2-9,14H2,1H3. The third-order valence-electron chi connectivity index (χ3n) is 3.33. The maximum Gasteiger partial charge on any atom is 0.107 e. The van der Waals surface area contributed by atoms with E-state index >= 15 is 0 Å². The summed E-state index contributed by atoms with van der Waals surface area (Å²) in [5, 5.41) is 9.05. The maximum absolute atomic E-state index is 9.05. The molecule has 0 aromatic rings. The van der Waals surface area contributed by atoms with Gasteiger partial charge >= 0.3 is 0 Å². The Bertz CT molecular complexity index is 224. The summed E-state index contributed by atoms with van der Waals surface area (Å²) in [5.74, 6) is 2.87. The normalized spacial score (nSPS) is 30.3. The molecule has 2 N–H and O–H groups in total. The predicted molar refractivity (Wildman–Crippen MR) is 66.7 cm³/mol. The molecule has 2 atom stereocenters. The SMILES string of the molecule is CCCCSCCC1CCCC1(N)C#N. The zero-order chi connectivity index (χ0) is 11.1. The number of nitrogens with two attached hydrogens (primary N) is 1. The van der Waals surface area contributed by atoms with Gasteiger partial charge in [0.25, 0.3) is 0 Å². The molecule has 1 saturated carbocycles. The first-order valence-corrected chi connectivity index (χ1v) is 7.16. The van der Waals surface area contributed by atoms with E-state index in [1.165, 1.54) is 24.3 Å². The second-order valence-electron chi connectivity index (χ2n) is 4.50. The summed E-state index contributed by atoms with van der Waals surface area (Å²) in [6, 6.07) is 2.31. The van der Waals surface area contributed by atoms with E-state index in [9.17, 15) is 0 Å².